The molecule has 0 atom stereocenters. The molecule has 0 aliphatic carbocycles. The lowest BCUT2D eigenvalue weighted by atomic mass is 10.2. The Morgan fingerprint density at radius 3 is 2.80 bits per heavy atom. The van der Waals surface area contributed by atoms with Crippen molar-refractivity contribution in [3.63, 3.8) is 0 Å². The normalized spacial score (nSPS) is 10.7. The summed E-state index contributed by atoms with van der Waals surface area (Å²) in [6.07, 6.45) is 1.71. The maximum absolute atomic E-state index is 11.5. The zero-order valence-electron chi connectivity index (χ0n) is 10.5. The van der Waals surface area contributed by atoms with Gasteiger partial charge in [0.15, 0.2) is 5.82 Å². The van der Waals surface area contributed by atoms with E-state index in [9.17, 15) is 9.59 Å². The molecule has 8 nitrogen and oxygen atoms in total. The Balaban J connectivity index is 2.17. The van der Waals surface area contributed by atoms with Gasteiger partial charge in [-0.05, 0) is 22.6 Å². The lowest BCUT2D eigenvalue weighted by molar-refractivity contribution is -0.131. The molecule has 0 unspecified atom stereocenters. The molecule has 0 aliphatic rings. The number of benzene rings is 1. The molecule has 2 N–H and O–H groups in total. The second-order valence-corrected chi connectivity index (χ2v) is 3.87. The van der Waals surface area contributed by atoms with Gasteiger partial charge in [-0.15, -0.1) is 5.10 Å². The molecule has 1 aromatic heterocycles. The summed E-state index contributed by atoms with van der Waals surface area (Å²) in [5.74, 6) is -1.15. The number of carboxylic acids is 1. The molecule has 20 heavy (non-hydrogen) atoms. The summed E-state index contributed by atoms with van der Waals surface area (Å²) in [7, 11) is 1.70. The number of aromatic nitrogens is 4. The zero-order chi connectivity index (χ0) is 14.5. The predicted molar refractivity (Wildman–Crippen MR) is 69.6 cm³/mol. The van der Waals surface area contributed by atoms with Crippen molar-refractivity contribution in [2.45, 2.75) is 0 Å². The molecular formula is C12H11N5O3. The van der Waals surface area contributed by atoms with Crippen LogP contribution in [0.5, 0.6) is 0 Å². The number of nitrogens with one attached hydrogen (secondary N) is 1. The van der Waals surface area contributed by atoms with Gasteiger partial charge < -0.3 is 10.4 Å². The quantitative estimate of drug-likeness (QED) is 0.783. The highest BCUT2D eigenvalue weighted by Gasteiger charge is 2.07. The van der Waals surface area contributed by atoms with Crippen LogP contribution in [0.2, 0.25) is 0 Å². The highest BCUT2D eigenvalue weighted by atomic mass is 16.4. The third-order valence-electron chi connectivity index (χ3n) is 2.39. The number of aryl methyl sites for hydroxylation is 1. The van der Waals surface area contributed by atoms with Gasteiger partial charge in [0.1, 0.15) is 0 Å². The van der Waals surface area contributed by atoms with Crippen molar-refractivity contribution in [3.05, 3.63) is 36.4 Å². The van der Waals surface area contributed by atoms with Gasteiger partial charge in [-0.3, -0.25) is 4.79 Å². The molecule has 8 heteroatoms. The fraction of sp³-hybridized carbons (Fsp3) is 0.0833. The number of nitrogens with zero attached hydrogens (tertiary/aromatic N) is 4. The molecule has 0 spiro atoms. The average Bonchev–Trinajstić information content (AvgIpc) is 2.83. The van der Waals surface area contributed by atoms with E-state index in [2.05, 4.69) is 20.8 Å². The molecule has 0 saturated heterocycles. The number of carbonyl (C=O) groups is 2. The lowest BCUT2D eigenvalue weighted by Gasteiger charge is -2.04. The molecule has 0 bridgehead atoms. The van der Waals surface area contributed by atoms with Crippen molar-refractivity contribution in [1.29, 1.82) is 0 Å². The molecule has 102 valence electrons. The van der Waals surface area contributed by atoms with E-state index >= 15 is 0 Å². The van der Waals surface area contributed by atoms with Crippen LogP contribution in [0, 0.1) is 0 Å². The molecule has 0 saturated carbocycles. The van der Waals surface area contributed by atoms with Crippen LogP contribution in [-0.2, 0) is 16.6 Å². The van der Waals surface area contributed by atoms with Gasteiger partial charge in [-0.2, -0.15) is 0 Å². The minimum absolute atomic E-state index is 0.519. The maximum Gasteiger partial charge on any atom is 0.328 e. The van der Waals surface area contributed by atoms with Gasteiger partial charge in [-0.1, -0.05) is 12.1 Å². The highest BCUT2D eigenvalue weighted by Crippen LogP contribution is 2.19. The Kier molecular flexibility index (Phi) is 3.85. The Morgan fingerprint density at radius 1 is 1.35 bits per heavy atom. The Morgan fingerprint density at radius 2 is 2.15 bits per heavy atom. The molecule has 2 rings (SSSR count). The van der Waals surface area contributed by atoms with Crippen LogP contribution >= 0.6 is 0 Å². The minimum atomic E-state index is -1.18. The van der Waals surface area contributed by atoms with Gasteiger partial charge in [0.25, 0.3) is 0 Å². The smallest absolute Gasteiger partial charge is 0.328 e. The first-order valence-electron chi connectivity index (χ1n) is 5.61. The van der Waals surface area contributed by atoms with Crippen molar-refractivity contribution in [3.8, 4) is 11.4 Å². The predicted octanol–water partition coefficient (Wildman–Crippen LogP) is 0.456. The fourth-order valence-corrected chi connectivity index (χ4v) is 1.54. The van der Waals surface area contributed by atoms with Crippen LogP contribution < -0.4 is 5.32 Å². The number of carbonyl (C=O) groups excluding carboxylic acids is 1. The number of anilines is 1. The molecule has 2 aromatic rings. The van der Waals surface area contributed by atoms with E-state index in [1.54, 1.807) is 31.3 Å². The van der Waals surface area contributed by atoms with Gasteiger partial charge in [0, 0.05) is 30.5 Å². The number of hydrogen-bond acceptors (Lipinski definition) is 5. The maximum atomic E-state index is 11.5. The van der Waals surface area contributed by atoms with E-state index in [1.165, 1.54) is 4.68 Å². The van der Waals surface area contributed by atoms with Crippen LogP contribution in [-0.4, -0.2) is 37.2 Å². The molecule has 0 radical (unpaired) electrons. The molecule has 0 aliphatic heterocycles. The molecule has 1 aromatic carbocycles. The Bertz CT molecular complexity index is 677. The van der Waals surface area contributed by atoms with Crippen LogP contribution in [0.4, 0.5) is 5.69 Å². The number of carboxylic acid groups (broad SMARTS) is 1. The topological polar surface area (TPSA) is 110 Å². The van der Waals surface area contributed by atoms with Crippen molar-refractivity contribution >= 4 is 17.6 Å². The fourth-order valence-electron chi connectivity index (χ4n) is 1.54. The van der Waals surface area contributed by atoms with Crippen molar-refractivity contribution in [2.24, 2.45) is 7.05 Å². The standard InChI is InChI=1S/C12H11N5O3/c1-17-12(14-15-16-17)8-3-2-4-9(7-8)13-10(18)5-6-11(19)20/h2-7H,1H3,(H,13,18)(H,19,20)/b6-5+. The molecular weight excluding hydrogens is 262 g/mol. The van der Waals surface area contributed by atoms with Crippen molar-refractivity contribution in [1.82, 2.24) is 20.2 Å². The summed E-state index contributed by atoms with van der Waals surface area (Å²) < 4.78 is 1.51. The number of aliphatic carboxylic acids is 1. The van der Waals surface area contributed by atoms with Crippen LogP contribution in [0.15, 0.2) is 36.4 Å². The summed E-state index contributed by atoms with van der Waals surface area (Å²) in [5.41, 5.74) is 1.25. The second-order valence-electron chi connectivity index (χ2n) is 3.87. The van der Waals surface area contributed by atoms with E-state index < -0.39 is 11.9 Å². The lowest BCUT2D eigenvalue weighted by Crippen LogP contribution is -2.08. The zero-order valence-corrected chi connectivity index (χ0v) is 10.5. The summed E-state index contributed by atoms with van der Waals surface area (Å²) in [6, 6.07) is 6.91. The Hall–Kier alpha value is -3.03. The SMILES string of the molecule is Cn1nnnc1-c1cccc(NC(=O)/C=C/C(=O)O)c1. The summed E-state index contributed by atoms with van der Waals surface area (Å²) in [5, 5.41) is 22.1. The molecule has 1 amide bonds. The van der Waals surface area contributed by atoms with Crippen molar-refractivity contribution < 1.29 is 14.7 Å². The van der Waals surface area contributed by atoms with Gasteiger partial charge >= 0.3 is 5.97 Å². The third-order valence-corrected chi connectivity index (χ3v) is 2.39. The first-order chi connectivity index (χ1) is 9.56. The van der Waals surface area contributed by atoms with E-state index in [-0.39, 0.29) is 0 Å². The Labute approximate surface area is 113 Å². The van der Waals surface area contributed by atoms with Gasteiger partial charge in [0.05, 0.1) is 0 Å². The number of amides is 1. The summed E-state index contributed by atoms with van der Waals surface area (Å²) in [6.45, 7) is 0. The van der Waals surface area contributed by atoms with E-state index in [0.29, 0.717) is 11.5 Å². The van der Waals surface area contributed by atoms with E-state index in [0.717, 1.165) is 17.7 Å². The number of hydrogen-bond donors (Lipinski definition) is 2. The monoisotopic (exact) mass is 273 g/mol. The van der Waals surface area contributed by atoms with E-state index in [4.69, 9.17) is 5.11 Å². The number of tetrazole rings is 1. The van der Waals surface area contributed by atoms with Crippen LogP contribution in [0.25, 0.3) is 11.4 Å². The van der Waals surface area contributed by atoms with E-state index in [1.807, 2.05) is 0 Å². The minimum Gasteiger partial charge on any atom is -0.478 e. The summed E-state index contributed by atoms with van der Waals surface area (Å²) >= 11 is 0. The first kappa shape index (κ1) is 13.4. The van der Waals surface area contributed by atoms with Crippen LogP contribution in [0.1, 0.15) is 0 Å². The highest BCUT2D eigenvalue weighted by molar-refractivity contribution is 6.02. The second kappa shape index (κ2) is 5.74. The molecule has 1 heterocycles. The first-order valence-corrected chi connectivity index (χ1v) is 5.61. The van der Waals surface area contributed by atoms with Gasteiger partial charge in [0.2, 0.25) is 5.91 Å². The molecule has 0 fully saturated rings. The number of rotatable bonds is 4. The van der Waals surface area contributed by atoms with Crippen LogP contribution in [0.3, 0.4) is 0 Å². The third kappa shape index (κ3) is 3.25. The van der Waals surface area contributed by atoms with Gasteiger partial charge in [-0.25, -0.2) is 9.48 Å². The average molecular weight is 273 g/mol. The van der Waals surface area contributed by atoms with Crippen molar-refractivity contribution in [2.75, 3.05) is 5.32 Å². The summed E-state index contributed by atoms with van der Waals surface area (Å²) in [4.78, 5) is 21.8. The largest absolute Gasteiger partial charge is 0.478 e.